The van der Waals surface area contributed by atoms with Gasteiger partial charge in [0.1, 0.15) is 29.7 Å². The Kier molecular flexibility index (Phi) is 11.1. The third-order valence-electron chi connectivity index (χ3n) is 12.5. The minimum Gasteiger partial charge on any atom is -0.506 e. The summed E-state index contributed by atoms with van der Waals surface area (Å²) in [5.74, 6) is 1.71. The Morgan fingerprint density at radius 1 is 1.00 bits per heavy atom. The van der Waals surface area contributed by atoms with Gasteiger partial charge in [0, 0.05) is 49.2 Å². The van der Waals surface area contributed by atoms with Crippen LogP contribution in [0.4, 0.5) is 0 Å². The minimum absolute atomic E-state index is 0.0135. The van der Waals surface area contributed by atoms with Gasteiger partial charge in [-0.1, -0.05) is 61.4 Å². The van der Waals surface area contributed by atoms with E-state index >= 15 is 0 Å². The summed E-state index contributed by atoms with van der Waals surface area (Å²) in [5, 5.41) is 37.3. The number of nitrogens with one attached hydrogen (secondary N) is 2. The van der Waals surface area contributed by atoms with Gasteiger partial charge in [-0.05, 0) is 73.1 Å². The van der Waals surface area contributed by atoms with Crippen LogP contribution >= 0.6 is 0 Å². The lowest BCUT2D eigenvalue weighted by Crippen LogP contribution is -2.65. The fourth-order valence-corrected chi connectivity index (χ4v) is 9.28. The number of benzene rings is 3. The molecule has 3 aliphatic heterocycles. The third-order valence-corrected chi connectivity index (χ3v) is 12.5. The molecule has 4 aromatic rings. The highest BCUT2D eigenvalue weighted by Gasteiger charge is 2.48. The highest BCUT2D eigenvalue weighted by Crippen LogP contribution is 2.43. The van der Waals surface area contributed by atoms with Crippen LogP contribution in [0.3, 0.4) is 0 Å². The molecule has 9 heteroatoms. The summed E-state index contributed by atoms with van der Waals surface area (Å²) >= 11 is 0. The van der Waals surface area contributed by atoms with E-state index in [1.54, 1.807) is 12.1 Å². The van der Waals surface area contributed by atoms with Crippen molar-refractivity contribution in [3.63, 3.8) is 0 Å². The van der Waals surface area contributed by atoms with Crippen LogP contribution in [0.25, 0.3) is 10.9 Å². The number of rotatable bonds is 15. The SMILES string of the molecule is Cc1cc([C@H](C)NC[C@H](O)c2ccc(O)c3[nH]c(=O)ccc23)ccc1OCCC[N+]12CCC(CC1)[C@@H](OC[C@@](O)(c1ccccc1)C1CCCC1)C2. The molecule has 278 valence electrons. The van der Waals surface area contributed by atoms with Gasteiger partial charge in [0.15, 0.2) is 0 Å². The fourth-order valence-electron chi connectivity index (χ4n) is 9.28. The predicted molar refractivity (Wildman–Crippen MR) is 203 cm³/mol. The lowest BCUT2D eigenvalue weighted by atomic mass is 9.80. The number of phenols is 1. The number of nitrogens with zero attached hydrogens (tertiary/aromatic N) is 1. The maximum atomic E-state index is 12.1. The molecule has 3 aromatic carbocycles. The molecule has 0 unspecified atom stereocenters. The Labute approximate surface area is 307 Å². The van der Waals surface area contributed by atoms with Crippen molar-refractivity contribution in [1.29, 1.82) is 0 Å². The van der Waals surface area contributed by atoms with E-state index in [1.165, 1.54) is 50.9 Å². The molecule has 4 aliphatic rings. The average molecular weight is 711 g/mol. The fraction of sp³-hybridized carbons (Fsp3) is 0.512. The van der Waals surface area contributed by atoms with Crippen molar-refractivity contribution in [3.05, 3.63) is 105 Å². The zero-order valence-electron chi connectivity index (χ0n) is 30.7. The number of phenolic OH excluding ortho intramolecular Hbond substituents is 1. The van der Waals surface area contributed by atoms with E-state index in [2.05, 4.69) is 48.4 Å². The van der Waals surface area contributed by atoms with Crippen molar-refractivity contribution in [2.45, 2.75) is 82.6 Å². The van der Waals surface area contributed by atoms with Gasteiger partial charge >= 0.3 is 0 Å². The standard InChI is InChI=1S/C43H55N3O6/c1-29-25-32(30(2)44-26-38(48)35-14-16-37(47)42-36(35)15-18-41(49)45-42)13-17-39(29)51-24-8-21-46-22-19-31(20-23-46)40(27-46)52-28-43(50,34-11-6-7-12-34)33-9-4-3-5-10-33/h3-5,9-10,13-18,25,30-31,34,38,40,44,48,50H,6-8,11-12,19-24,26-28H2,1-2H3,(H-,45,47,49)/p+1/t30-,31?,38-,40-,43+,46?/m0/s1. The van der Waals surface area contributed by atoms with E-state index in [0.29, 0.717) is 42.1 Å². The van der Waals surface area contributed by atoms with Crippen LogP contribution in [0.2, 0.25) is 0 Å². The smallest absolute Gasteiger partial charge is 0.248 e. The normalized spacial score (nSPS) is 24.2. The Balaban J connectivity index is 0.894. The van der Waals surface area contributed by atoms with Gasteiger partial charge in [-0.25, -0.2) is 0 Å². The number of H-pyrrole nitrogens is 1. The highest BCUT2D eigenvalue weighted by molar-refractivity contribution is 5.87. The number of aryl methyl sites for hydroxylation is 1. The molecule has 4 heterocycles. The van der Waals surface area contributed by atoms with E-state index in [4.69, 9.17) is 9.47 Å². The number of ether oxygens (including phenoxy) is 2. The molecule has 1 saturated carbocycles. The van der Waals surface area contributed by atoms with Gasteiger partial charge < -0.3 is 39.6 Å². The summed E-state index contributed by atoms with van der Waals surface area (Å²) in [6.45, 7) is 9.99. The van der Waals surface area contributed by atoms with Crippen LogP contribution in [0.1, 0.15) is 86.3 Å². The van der Waals surface area contributed by atoms with Crippen molar-refractivity contribution >= 4 is 10.9 Å². The van der Waals surface area contributed by atoms with E-state index in [1.807, 2.05) is 24.3 Å². The van der Waals surface area contributed by atoms with Gasteiger partial charge in [-0.3, -0.25) is 4.79 Å². The van der Waals surface area contributed by atoms with Gasteiger partial charge in [0.2, 0.25) is 5.56 Å². The third kappa shape index (κ3) is 7.80. The molecule has 0 radical (unpaired) electrons. The van der Waals surface area contributed by atoms with Crippen LogP contribution in [0.5, 0.6) is 11.5 Å². The number of piperidine rings is 3. The quantitative estimate of drug-likeness (QED) is 0.0715. The molecule has 0 amide bonds. The molecule has 3 saturated heterocycles. The van der Waals surface area contributed by atoms with Gasteiger partial charge in [-0.15, -0.1) is 0 Å². The Morgan fingerprint density at radius 3 is 2.52 bits per heavy atom. The Bertz CT molecular complexity index is 1870. The topological polar surface area (TPSA) is 124 Å². The van der Waals surface area contributed by atoms with Crippen LogP contribution in [0.15, 0.2) is 77.6 Å². The first-order chi connectivity index (χ1) is 25.1. The van der Waals surface area contributed by atoms with Crippen LogP contribution < -0.4 is 15.6 Å². The number of pyridine rings is 1. The average Bonchev–Trinajstić information content (AvgIpc) is 3.72. The summed E-state index contributed by atoms with van der Waals surface area (Å²) < 4.78 is 14.1. The van der Waals surface area contributed by atoms with E-state index < -0.39 is 11.7 Å². The molecule has 2 bridgehead atoms. The molecule has 1 aliphatic carbocycles. The number of fused-ring (bicyclic) bond motifs is 4. The second kappa shape index (κ2) is 15.7. The van der Waals surface area contributed by atoms with E-state index in [-0.39, 0.29) is 29.4 Å². The van der Waals surface area contributed by atoms with Crippen molar-refractivity contribution in [1.82, 2.24) is 10.3 Å². The number of aromatic hydroxyl groups is 1. The molecule has 1 aromatic heterocycles. The first-order valence-electron chi connectivity index (χ1n) is 19.4. The van der Waals surface area contributed by atoms with Crippen molar-refractivity contribution < 1.29 is 29.3 Å². The number of aromatic nitrogens is 1. The van der Waals surface area contributed by atoms with Crippen molar-refractivity contribution in [3.8, 4) is 11.5 Å². The number of aliphatic hydroxyl groups is 2. The lowest BCUT2D eigenvalue weighted by Gasteiger charge is -2.53. The minimum atomic E-state index is -0.919. The summed E-state index contributed by atoms with van der Waals surface area (Å²) in [6, 6.07) is 22.7. The van der Waals surface area contributed by atoms with Gasteiger partial charge in [0.25, 0.3) is 0 Å². The second-order valence-corrected chi connectivity index (χ2v) is 15.8. The molecule has 9 nitrogen and oxygen atoms in total. The summed E-state index contributed by atoms with van der Waals surface area (Å²) in [4.78, 5) is 14.4. The van der Waals surface area contributed by atoms with Crippen molar-refractivity contribution in [2.75, 3.05) is 45.9 Å². The Hall–Kier alpha value is -3.73. The first kappa shape index (κ1) is 36.6. The number of hydrogen-bond acceptors (Lipinski definition) is 7. The molecular formula is C43H56N3O6+. The zero-order valence-corrected chi connectivity index (χ0v) is 30.7. The summed E-state index contributed by atoms with van der Waals surface area (Å²) in [7, 11) is 0. The predicted octanol–water partition coefficient (Wildman–Crippen LogP) is 6.40. The van der Waals surface area contributed by atoms with Crippen LogP contribution in [-0.4, -0.2) is 76.8 Å². The van der Waals surface area contributed by atoms with E-state index in [9.17, 15) is 20.1 Å². The number of hydrogen-bond donors (Lipinski definition) is 5. The maximum Gasteiger partial charge on any atom is 0.248 e. The molecular weight excluding hydrogens is 654 g/mol. The van der Waals surface area contributed by atoms with E-state index in [0.717, 1.165) is 59.3 Å². The van der Waals surface area contributed by atoms with Gasteiger partial charge in [0.05, 0.1) is 44.5 Å². The summed E-state index contributed by atoms with van der Waals surface area (Å²) in [5.41, 5.74) is 2.92. The molecule has 0 spiro atoms. The van der Waals surface area contributed by atoms with Crippen LogP contribution in [0, 0.1) is 18.8 Å². The number of quaternary nitrogens is 1. The first-order valence-corrected chi connectivity index (χ1v) is 19.4. The van der Waals surface area contributed by atoms with Crippen molar-refractivity contribution in [2.24, 2.45) is 11.8 Å². The van der Waals surface area contributed by atoms with Crippen LogP contribution in [-0.2, 0) is 10.3 Å². The second-order valence-electron chi connectivity index (χ2n) is 15.8. The molecule has 52 heavy (non-hydrogen) atoms. The maximum absolute atomic E-state index is 12.1. The number of aliphatic hydroxyl groups excluding tert-OH is 1. The Morgan fingerprint density at radius 2 is 1.77 bits per heavy atom. The molecule has 4 fully saturated rings. The molecule has 5 N–H and O–H groups in total. The largest absolute Gasteiger partial charge is 0.506 e. The lowest BCUT2D eigenvalue weighted by molar-refractivity contribution is -0.946. The number of aromatic amines is 1. The highest BCUT2D eigenvalue weighted by atomic mass is 16.5. The van der Waals surface area contributed by atoms with Gasteiger partial charge in [-0.2, -0.15) is 0 Å². The zero-order chi connectivity index (χ0) is 36.3. The molecule has 8 rings (SSSR count). The molecule has 4 atom stereocenters. The summed E-state index contributed by atoms with van der Waals surface area (Å²) in [6.07, 6.45) is 7.23. The monoisotopic (exact) mass is 710 g/mol.